The number of hydrogen-bond acceptors (Lipinski definition) is 2. The summed E-state index contributed by atoms with van der Waals surface area (Å²) in [6.45, 7) is 0. The zero-order valence-electron chi connectivity index (χ0n) is 8.29. The van der Waals surface area contributed by atoms with Gasteiger partial charge in [0.15, 0.2) is 0 Å². The summed E-state index contributed by atoms with van der Waals surface area (Å²) in [5, 5.41) is 0. The molecule has 1 aromatic rings. The molecule has 0 bridgehead atoms. The number of benzene rings is 1. The van der Waals surface area contributed by atoms with Crippen LogP contribution in [0.15, 0.2) is 28.7 Å². The number of carbonyl (C=O) groups is 1. The van der Waals surface area contributed by atoms with Gasteiger partial charge in [-0.15, -0.1) is 13.2 Å². The predicted octanol–water partition coefficient (Wildman–Crippen LogP) is 2.85. The number of amides is 1. The second-order valence-corrected chi connectivity index (χ2v) is 3.92. The second-order valence-electron chi connectivity index (χ2n) is 3.00. The lowest BCUT2D eigenvalue weighted by Gasteiger charge is -2.09. The van der Waals surface area contributed by atoms with Gasteiger partial charge in [-0.3, -0.25) is 4.79 Å². The fourth-order valence-electron chi connectivity index (χ4n) is 1.05. The summed E-state index contributed by atoms with van der Waals surface area (Å²) in [6.07, 6.45) is -2.43. The standard InChI is InChI=1S/C10H7BrF3NO2/c11-7-3-6(1-2-9(15)16)4-8(5-7)17-10(12,13)14/h1-5H,(H2,15,16)/b2-1-. The third-order valence-corrected chi connectivity index (χ3v) is 2.03. The maximum absolute atomic E-state index is 12.0. The summed E-state index contributed by atoms with van der Waals surface area (Å²) in [7, 11) is 0. The second kappa shape index (κ2) is 5.22. The van der Waals surface area contributed by atoms with Crippen LogP contribution in [0.1, 0.15) is 5.56 Å². The third kappa shape index (κ3) is 5.39. The van der Waals surface area contributed by atoms with Crippen molar-refractivity contribution in [3.8, 4) is 5.75 Å². The Balaban J connectivity index is 2.98. The number of rotatable bonds is 3. The van der Waals surface area contributed by atoms with Crippen LogP contribution < -0.4 is 10.5 Å². The highest BCUT2D eigenvalue weighted by molar-refractivity contribution is 9.10. The average Bonchev–Trinajstić information content (AvgIpc) is 2.10. The molecular weight excluding hydrogens is 303 g/mol. The van der Waals surface area contributed by atoms with Crippen LogP contribution in [0.4, 0.5) is 13.2 Å². The molecule has 0 saturated carbocycles. The maximum atomic E-state index is 12.0. The van der Waals surface area contributed by atoms with Crippen LogP contribution >= 0.6 is 15.9 Å². The summed E-state index contributed by atoms with van der Waals surface area (Å²) in [4.78, 5) is 10.5. The highest BCUT2D eigenvalue weighted by Crippen LogP contribution is 2.27. The average molecular weight is 310 g/mol. The predicted molar refractivity (Wildman–Crippen MR) is 59.1 cm³/mol. The first-order valence-corrected chi connectivity index (χ1v) is 5.09. The van der Waals surface area contributed by atoms with Gasteiger partial charge in [0.25, 0.3) is 0 Å². The molecule has 0 spiro atoms. The van der Waals surface area contributed by atoms with Crippen molar-refractivity contribution >= 4 is 27.9 Å². The molecule has 0 aliphatic carbocycles. The number of nitrogens with two attached hydrogens (primary N) is 1. The Labute approximate surface area is 103 Å². The van der Waals surface area contributed by atoms with Crippen LogP contribution in [0, 0.1) is 0 Å². The van der Waals surface area contributed by atoms with Gasteiger partial charge in [0, 0.05) is 10.5 Å². The summed E-state index contributed by atoms with van der Waals surface area (Å²) in [5.41, 5.74) is 5.23. The lowest BCUT2D eigenvalue weighted by Crippen LogP contribution is -2.17. The molecule has 1 rings (SSSR count). The van der Waals surface area contributed by atoms with E-state index in [1.807, 2.05) is 0 Å². The van der Waals surface area contributed by atoms with Gasteiger partial charge < -0.3 is 10.5 Å². The molecule has 0 fully saturated rings. The smallest absolute Gasteiger partial charge is 0.406 e. The Bertz CT molecular complexity index is 457. The summed E-state index contributed by atoms with van der Waals surface area (Å²) in [6, 6.07) is 3.81. The highest BCUT2D eigenvalue weighted by Gasteiger charge is 2.31. The third-order valence-electron chi connectivity index (χ3n) is 1.57. The Morgan fingerprint density at radius 1 is 1.35 bits per heavy atom. The van der Waals surface area contributed by atoms with Crippen LogP contribution in [0.3, 0.4) is 0 Å². The molecule has 0 radical (unpaired) electrons. The van der Waals surface area contributed by atoms with E-state index in [-0.39, 0.29) is 5.75 Å². The molecule has 1 aromatic carbocycles. The molecule has 1 amide bonds. The molecule has 0 aromatic heterocycles. The van der Waals surface area contributed by atoms with E-state index in [2.05, 4.69) is 20.7 Å². The summed E-state index contributed by atoms with van der Waals surface area (Å²) in [5.74, 6) is -1.07. The van der Waals surface area contributed by atoms with E-state index in [1.54, 1.807) is 0 Å². The summed E-state index contributed by atoms with van der Waals surface area (Å²) >= 11 is 3.03. The minimum absolute atomic E-state index is 0.359. The number of carbonyl (C=O) groups excluding carboxylic acids is 1. The Hall–Kier alpha value is -1.50. The van der Waals surface area contributed by atoms with Gasteiger partial charge in [0.05, 0.1) is 0 Å². The van der Waals surface area contributed by atoms with Crippen molar-refractivity contribution in [1.82, 2.24) is 0 Å². The van der Waals surface area contributed by atoms with Gasteiger partial charge in [-0.2, -0.15) is 0 Å². The van der Waals surface area contributed by atoms with Gasteiger partial charge in [-0.25, -0.2) is 0 Å². The van der Waals surface area contributed by atoms with E-state index in [0.717, 1.165) is 18.2 Å². The lowest BCUT2D eigenvalue weighted by molar-refractivity contribution is -0.274. The van der Waals surface area contributed by atoms with Crippen molar-refractivity contribution in [2.24, 2.45) is 5.73 Å². The van der Waals surface area contributed by atoms with Crippen molar-refractivity contribution < 1.29 is 22.7 Å². The number of alkyl halides is 3. The maximum Gasteiger partial charge on any atom is 0.573 e. The SMILES string of the molecule is NC(=O)/C=C\c1cc(Br)cc(OC(F)(F)F)c1. The molecule has 7 heteroatoms. The van der Waals surface area contributed by atoms with E-state index >= 15 is 0 Å². The van der Waals surface area contributed by atoms with Crippen molar-refractivity contribution in [2.45, 2.75) is 6.36 Å². The van der Waals surface area contributed by atoms with Gasteiger partial charge in [-0.1, -0.05) is 15.9 Å². The molecule has 0 atom stereocenters. The molecule has 0 saturated heterocycles. The van der Waals surface area contributed by atoms with Crippen molar-refractivity contribution in [3.63, 3.8) is 0 Å². The fourth-order valence-corrected chi connectivity index (χ4v) is 1.54. The van der Waals surface area contributed by atoms with Gasteiger partial charge >= 0.3 is 6.36 Å². The normalized spacial score (nSPS) is 11.8. The van der Waals surface area contributed by atoms with Crippen LogP contribution in [0.2, 0.25) is 0 Å². The van der Waals surface area contributed by atoms with Crippen LogP contribution in [-0.2, 0) is 4.79 Å². The number of ether oxygens (including phenoxy) is 1. The van der Waals surface area contributed by atoms with E-state index in [9.17, 15) is 18.0 Å². The fraction of sp³-hybridized carbons (Fsp3) is 0.100. The monoisotopic (exact) mass is 309 g/mol. The summed E-state index contributed by atoms with van der Waals surface area (Å²) < 4.78 is 40.1. The van der Waals surface area contributed by atoms with Crippen LogP contribution in [-0.4, -0.2) is 12.3 Å². The number of halogens is 4. The highest BCUT2D eigenvalue weighted by atomic mass is 79.9. The number of hydrogen-bond donors (Lipinski definition) is 1. The molecule has 2 N–H and O–H groups in total. The Kier molecular flexibility index (Phi) is 4.17. The topological polar surface area (TPSA) is 52.3 Å². The van der Waals surface area contributed by atoms with Gasteiger partial charge in [0.2, 0.25) is 5.91 Å². The Morgan fingerprint density at radius 3 is 2.53 bits per heavy atom. The quantitative estimate of drug-likeness (QED) is 0.873. The minimum Gasteiger partial charge on any atom is -0.406 e. The first-order valence-electron chi connectivity index (χ1n) is 4.30. The molecule has 17 heavy (non-hydrogen) atoms. The Morgan fingerprint density at radius 2 is 2.00 bits per heavy atom. The molecule has 92 valence electrons. The zero-order valence-corrected chi connectivity index (χ0v) is 9.88. The lowest BCUT2D eigenvalue weighted by atomic mass is 10.2. The van der Waals surface area contributed by atoms with E-state index in [1.165, 1.54) is 12.1 Å². The van der Waals surface area contributed by atoms with Gasteiger partial charge in [0.1, 0.15) is 5.75 Å². The van der Waals surface area contributed by atoms with Gasteiger partial charge in [-0.05, 0) is 29.8 Å². The minimum atomic E-state index is -4.76. The van der Waals surface area contributed by atoms with Crippen molar-refractivity contribution in [1.29, 1.82) is 0 Å². The molecule has 0 aliphatic heterocycles. The molecule has 3 nitrogen and oxygen atoms in total. The molecule has 0 heterocycles. The van der Waals surface area contributed by atoms with Crippen molar-refractivity contribution in [3.05, 3.63) is 34.3 Å². The number of primary amides is 1. The molecular formula is C10H7BrF3NO2. The van der Waals surface area contributed by atoms with Crippen LogP contribution in [0.5, 0.6) is 5.75 Å². The van der Waals surface area contributed by atoms with Crippen LogP contribution in [0.25, 0.3) is 6.08 Å². The van der Waals surface area contributed by atoms with E-state index in [0.29, 0.717) is 10.0 Å². The zero-order chi connectivity index (χ0) is 13.1. The molecule has 0 unspecified atom stereocenters. The molecule has 0 aliphatic rings. The van der Waals surface area contributed by atoms with E-state index in [4.69, 9.17) is 5.73 Å². The van der Waals surface area contributed by atoms with E-state index < -0.39 is 12.3 Å². The first kappa shape index (κ1) is 13.6. The van der Waals surface area contributed by atoms with Crippen molar-refractivity contribution in [2.75, 3.05) is 0 Å². The largest absolute Gasteiger partial charge is 0.573 e. The first-order chi connectivity index (χ1) is 7.76.